The van der Waals surface area contributed by atoms with Gasteiger partial charge in [0.15, 0.2) is 0 Å². The normalized spacial score (nSPS) is 11.0. The number of hydrogen-bond donors (Lipinski definition) is 1. The van der Waals surface area contributed by atoms with Crippen LogP contribution in [0.1, 0.15) is 19.4 Å². The standard InChI is InChI=1S/C17H20BrN3O/c1-13(2)21(11-14-6-4-3-5-7-14)12-17(22)20-16-9-8-15(18)10-19-16/h3-10,13H,11-12H2,1-2H3,(H,19,20,22). The molecule has 1 aromatic heterocycles. The molecule has 116 valence electrons. The lowest BCUT2D eigenvalue weighted by Gasteiger charge is -2.25. The molecule has 2 aromatic rings. The van der Waals surface area contributed by atoms with Crippen LogP contribution in [0.15, 0.2) is 53.1 Å². The quantitative estimate of drug-likeness (QED) is 0.853. The lowest BCUT2D eigenvalue weighted by atomic mass is 10.2. The van der Waals surface area contributed by atoms with Crippen molar-refractivity contribution in [1.82, 2.24) is 9.88 Å². The van der Waals surface area contributed by atoms with Crippen molar-refractivity contribution in [3.05, 3.63) is 58.7 Å². The summed E-state index contributed by atoms with van der Waals surface area (Å²) in [5.41, 5.74) is 1.20. The Labute approximate surface area is 139 Å². The van der Waals surface area contributed by atoms with Crippen molar-refractivity contribution in [3.63, 3.8) is 0 Å². The summed E-state index contributed by atoms with van der Waals surface area (Å²) in [6.07, 6.45) is 1.67. The first kappa shape index (κ1) is 16.6. The Morgan fingerprint density at radius 2 is 1.95 bits per heavy atom. The van der Waals surface area contributed by atoms with E-state index in [1.807, 2.05) is 24.3 Å². The van der Waals surface area contributed by atoms with E-state index in [1.54, 1.807) is 12.3 Å². The number of nitrogens with zero attached hydrogens (tertiary/aromatic N) is 2. The third-order valence-corrected chi connectivity index (χ3v) is 3.77. The highest BCUT2D eigenvalue weighted by molar-refractivity contribution is 9.10. The fourth-order valence-electron chi connectivity index (χ4n) is 2.06. The third-order valence-electron chi connectivity index (χ3n) is 3.30. The Morgan fingerprint density at radius 1 is 1.23 bits per heavy atom. The average Bonchev–Trinajstić information content (AvgIpc) is 2.50. The molecule has 4 nitrogen and oxygen atoms in total. The van der Waals surface area contributed by atoms with E-state index in [9.17, 15) is 4.79 Å². The number of aromatic nitrogens is 1. The Balaban J connectivity index is 1.95. The van der Waals surface area contributed by atoms with Crippen molar-refractivity contribution in [1.29, 1.82) is 0 Å². The fraction of sp³-hybridized carbons (Fsp3) is 0.294. The van der Waals surface area contributed by atoms with Gasteiger partial charge in [-0.15, -0.1) is 0 Å². The van der Waals surface area contributed by atoms with Gasteiger partial charge in [0, 0.05) is 23.3 Å². The van der Waals surface area contributed by atoms with Crippen LogP contribution in [0.25, 0.3) is 0 Å². The van der Waals surface area contributed by atoms with Gasteiger partial charge in [-0.3, -0.25) is 9.69 Å². The molecule has 0 saturated heterocycles. The molecule has 5 heteroatoms. The molecular formula is C17H20BrN3O. The van der Waals surface area contributed by atoms with Crippen molar-refractivity contribution < 1.29 is 4.79 Å². The summed E-state index contributed by atoms with van der Waals surface area (Å²) < 4.78 is 0.887. The number of carbonyl (C=O) groups excluding carboxylic acids is 1. The number of nitrogens with one attached hydrogen (secondary N) is 1. The largest absolute Gasteiger partial charge is 0.310 e. The summed E-state index contributed by atoms with van der Waals surface area (Å²) in [4.78, 5) is 18.5. The zero-order valence-corrected chi connectivity index (χ0v) is 14.4. The van der Waals surface area contributed by atoms with Crippen LogP contribution >= 0.6 is 15.9 Å². The van der Waals surface area contributed by atoms with Gasteiger partial charge in [0.25, 0.3) is 0 Å². The maximum atomic E-state index is 12.2. The van der Waals surface area contributed by atoms with Crippen molar-refractivity contribution >= 4 is 27.7 Å². The summed E-state index contributed by atoms with van der Waals surface area (Å²) in [5, 5.41) is 2.83. The molecule has 0 aliphatic carbocycles. The number of hydrogen-bond acceptors (Lipinski definition) is 3. The molecule has 0 unspecified atom stereocenters. The van der Waals surface area contributed by atoms with E-state index in [0.29, 0.717) is 12.4 Å². The van der Waals surface area contributed by atoms with E-state index in [0.717, 1.165) is 11.0 Å². The molecule has 0 bridgehead atoms. The van der Waals surface area contributed by atoms with Crippen LogP contribution in [0.5, 0.6) is 0 Å². The molecule has 1 aromatic carbocycles. The number of halogens is 1. The van der Waals surface area contributed by atoms with Gasteiger partial charge in [-0.2, -0.15) is 0 Å². The van der Waals surface area contributed by atoms with Crippen LogP contribution < -0.4 is 5.32 Å². The minimum absolute atomic E-state index is 0.0561. The Morgan fingerprint density at radius 3 is 2.55 bits per heavy atom. The number of benzene rings is 1. The van der Waals surface area contributed by atoms with Crippen LogP contribution in [0.2, 0.25) is 0 Å². The molecule has 0 radical (unpaired) electrons. The first-order chi connectivity index (χ1) is 10.5. The molecular weight excluding hydrogens is 342 g/mol. The Kier molecular flexibility index (Phi) is 6.10. The predicted octanol–water partition coefficient (Wildman–Crippen LogP) is 3.69. The summed E-state index contributed by atoms with van der Waals surface area (Å²) in [6, 6.07) is 14.1. The van der Waals surface area contributed by atoms with Crippen molar-refractivity contribution in [2.75, 3.05) is 11.9 Å². The zero-order valence-electron chi connectivity index (χ0n) is 12.8. The van der Waals surface area contributed by atoms with Gasteiger partial charge in [-0.25, -0.2) is 4.98 Å². The van der Waals surface area contributed by atoms with Gasteiger partial charge in [0.05, 0.1) is 6.54 Å². The molecule has 0 aliphatic rings. The topological polar surface area (TPSA) is 45.2 Å². The highest BCUT2D eigenvalue weighted by atomic mass is 79.9. The molecule has 0 saturated carbocycles. The number of anilines is 1. The van der Waals surface area contributed by atoms with Gasteiger partial charge in [0.1, 0.15) is 5.82 Å². The van der Waals surface area contributed by atoms with Gasteiger partial charge in [-0.1, -0.05) is 30.3 Å². The summed E-state index contributed by atoms with van der Waals surface area (Å²) in [6.45, 7) is 5.27. The van der Waals surface area contributed by atoms with Gasteiger partial charge in [0.2, 0.25) is 5.91 Å². The van der Waals surface area contributed by atoms with Crippen LogP contribution in [-0.2, 0) is 11.3 Å². The Hall–Kier alpha value is -1.72. The summed E-state index contributed by atoms with van der Waals surface area (Å²) >= 11 is 3.32. The first-order valence-electron chi connectivity index (χ1n) is 7.24. The lowest BCUT2D eigenvalue weighted by molar-refractivity contribution is -0.117. The smallest absolute Gasteiger partial charge is 0.239 e. The number of amides is 1. The van der Waals surface area contributed by atoms with E-state index in [1.165, 1.54) is 5.56 Å². The average molecular weight is 362 g/mol. The van der Waals surface area contributed by atoms with Crippen LogP contribution in [0.4, 0.5) is 5.82 Å². The molecule has 0 atom stereocenters. The molecule has 0 fully saturated rings. The van der Waals surface area contributed by atoms with Crippen molar-refractivity contribution in [3.8, 4) is 0 Å². The summed E-state index contributed by atoms with van der Waals surface area (Å²) in [7, 11) is 0. The second-order valence-corrected chi connectivity index (χ2v) is 6.31. The molecule has 1 N–H and O–H groups in total. The number of carbonyl (C=O) groups is 1. The molecule has 22 heavy (non-hydrogen) atoms. The van der Waals surface area contributed by atoms with Crippen LogP contribution in [0, 0.1) is 0 Å². The minimum Gasteiger partial charge on any atom is -0.310 e. The van der Waals surface area contributed by atoms with E-state index < -0.39 is 0 Å². The monoisotopic (exact) mass is 361 g/mol. The fourth-order valence-corrected chi connectivity index (χ4v) is 2.29. The molecule has 1 heterocycles. The second kappa shape index (κ2) is 8.06. The maximum absolute atomic E-state index is 12.2. The maximum Gasteiger partial charge on any atom is 0.239 e. The predicted molar refractivity (Wildman–Crippen MR) is 92.6 cm³/mol. The molecule has 1 amide bonds. The highest BCUT2D eigenvalue weighted by Crippen LogP contribution is 2.11. The van der Waals surface area contributed by atoms with Crippen LogP contribution in [-0.4, -0.2) is 28.4 Å². The van der Waals surface area contributed by atoms with E-state index in [-0.39, 0.29) is 11.9 Å². The zero-order chi connectivity index (χ0) is 15.9. The molecule has 0 spiro atoms. The molecule has 2 rings (SSSR count). The number of pyridine rings is 1. The minimum atomic E-state index is -0.0561. The lowest BCUT2D eigenvalue weighted by Crippen LogP contribution is -2.37. The highest BCUT2D eigenvalue weighted by Gasteiger charge is 2.15. The van der Waals surface area contributed by atoms with Crippen molar-refractivity contribution in [2.24, 2.45) is 0 Å². The third kappa shape index (κ3) is 5.24. The SMILES string of the molecule is CC(C)N(CC(=O)Nc1ccc(Br)cn1)Cc1ccccc1. The van der Waals surface area contributed by atoms with E-state index in [2.05, 4.69) is 57.1 Å². The van der Waals surface area contributed by atoms with Gasteiger partial charge < -0.3 is 5.32 Å². The summed E-state index contributed by atoms with van der Waals surface area (Å²) in [5.74, 6) is 0.510. The second-order valence-electron chi connectivity index (χ2n) is 5.39. The van der Waals surface area contributed by atoms with Gasteiger partial charge in [-0.05, 0) is 47.5 Å². The Bertz CT molecular complexity index is 599. The van der Waals surface area contributed by atoms with Crippen LogP contribution in [0.3, 0.4) is 0 Å². The molecule has 0 aliphatic heterocycles. The van der Waals surface area contributed by atoms with Gasteiger partial charge >= 0.3 is 0 Å². The van der Waals surface area contributed by atoms with E-state index in [4.69, 9.17) is 0 Å². The number of rotatable bonds is 6. The van der Waals surface area contributed by atoms with E-state index >= 15 is 0 Å². The van der Waals surface area contributed by atoms with Crippen molar-refractivity contribution in [2.45, 2.75) is 26.4 Å². The first-order valence-corrected chi connectivity index (χ1v) is 8.03.